The number of benzene rings is 1. The van der Waals surface area contributed by atoms with Crippen LogP contribution >= 0.6 is 11.3 Å². The summed E-state index contributed by atoms with van der Waals surface area (Å²) >= 11 is 1.50. The quantitative estimate of drug-likeness (QED) is 0.685. The second kappa shape index (κ2) is 9.06. The molecule has 3 heterocycles. The molecule has 0 saturated carbocycles. The Morgan fingerprint density at radius 1 is 1.20 bits per heavy atom. The van der Waals surface area contributed by atoms with Gasteiger partial charge in [0.15, 0.2) is 5.13 Å². The number of thiazole rings is 1. The third-order valence-electron chi connectivity index (χ3n) is 5.76. The van der Waals surface area contributed by atoms with Gasteiger partial charge in [-0.25, -0.2) is 4.98 Å². The van der Waals surface area contributed by atoms with Gasteiger partial charge in [-0.2, -0.15) is 0 Å². The number of nitrogens with one attached hydrogen (secondary N) is 1. The largest absolute Gasteiger partial charge is 0.302 e. The number of hydrogen-bond acceptors (Lipinski definition) is 6. The molecule has 0 spiro atoms. The smallest absolute Gasteiger partial charge is 0.261 e. The Kier molecular flexibility index (Phi) is 6.24. The molecule has 1 unspecified atom stereocenters. The van der Waals surface area contributed by atoms with Crippen LogP contribution in [0, 0.1) is 0 Å². The summed E-state index contributed by atoms with van der Waals surface area (Å²) in [4.78, 5) is 46.1. The first-order chi connectivity index (χ1) is 14.5. The van der Waals surface area contributed by atoms with Gasteiger partial charge >= 0.3 is 0 Å². The molecule has 0 bridgehead atoms. The van der Waals surface area contributed by atoms with Gasteiger partial charge < -0.3 is 5.32 Å². The SMILES string of the molecule is CC1CCCCN1Cc1cnc(NC(=O)CCCN2C(=O)c3ccccc3C2=O)s1. The first kappa shape index (κ1) is 20.7. The van der Waals surface area contributed by atoms with E-state index in [1.807, 2.05) is 6.20 Å². The summed E-state index contributed by atoms with van der Waals surface area (Å²) in [7, 11) is 0. The number of carbonyl (C=O) groups is 3. The van der Waals surface area contributed by atoms with Gasteiger partial charge in [0.2, 0.25) is 5.91 Å². The molecule has 1 aromatic carbocycles. The molecule has 1 saturated heterocycles. The van der Waals surface area contributed by atoms with Crippen LogP contribution < -0.4 is 5.32 Å². The van der Waals surface area contributed by atoms with Crippen LogP contribution in [-0.2, 0) is 11.3 Å². The summed E-state index contributed by atoms with van der Waals surface area (Å²) in [6.07, 6.45) is 6.24. The van der Waals surface area contributed by atoms with Crippen LogP contribution in [0.1, 0.15) is 64.6 Å². The maximum atomic E-state index is 12.4. The van der Waals surface area contributed by atoms with Crippen molar-refractivity contribution in [2.24, 2.45) is 0 Å². The zero-order chi connectivity index (χ0) is 21.1. The highest BCUT2D eigenvalue weighted by molar-refractivity contribution is 7.15. The summed E-state index contributed by atoms with van der Waals surface area (Å²) in [5, 5.41) is 3.43. The third-order valence-corrected chi connectivity index (χ3v) is 6.66. The Morgan fingerprint density at radius 3 is 2.63 bits per heavy atom. The molecular weight excluding hydrogens is 400 g/mol. The summed E-state index contributed by atoms with van der Waals surface area (Å²) in [6.45, 7) is 4.47. The summed E-state index contributed by atoms with van der Waals surface area (Å²) in [5.74, 6) is -0.723. The first-order valence-electron chi connectivity index (χ1n) is 10.5. The molecule has 4 rings (SSSR count). The lowest BCUT2D eigenvalue weighted by molar-refractivity contribution is -0.116. The number of likely N-dealkylation sites (tertiary alicyclic amines) is 1. The van der Waals surface area contributed by atoms with E-state index in [0.717, 1.165) is 18.0 Å². The minimum atomic E-state index is -0.285. The molecule has 8 heteroatoms. The summed E-state index contributed by atoms with van der Waals surface area (Å²) in [5.41, 5.74) is 0.871. The van der Waals surface area contributed by atoms with E-state index < -0.39 is 0 Å². The average Bonchev–Trinajstić information content (AvgIpc) is 3.27. The van der Waals surface area contributed by atoms with Crippen molar-refractivity contribution in [3.63, 3.8) is 0 Å². The minimum Gasteiger partial charge on any atom is -0.302 e. The average molecular weight is 427 g/mol. The topological polar surface area (TPSA) is 82.6 Å². The molecule has 1 atom stereocenters. The fourth-order valence-corrected chi connectivity index (χ4v) is 4.91. The Labute approximate surface area is 180 Å². The van der Waals surface area contributed by atoms with Gasteiger partial charge in [-0.05, 0) is 44.9 Å². The summed E-state index contributed by atoms with van der Waals surface area (Å²) in [6, 6.07) is 7.39. The Bertz CT molecular complexity index is 922. The molecule has 2 aromatic rings. The number of rotatable bonds is 7. The molecular formula is C22H26N4O3S. The van der Waals surface area contributed by atoms with Crippen LogP contribution in [-0.4, -0.2) is 51.6 Å². The van der Waals surface area contributed by atoms with Crippen molar-refractivity contribution in [3.8, 4) is 0 Å². The number of amides is 3. The Balaban J connectivity index is 1.24. The van der Waals surface area contributed by atoms with E-state index in [-0.39, 0.29) is 30.7 Å². The van der Waals surface area contributed by atoms with Crippen molar-refractivity contribution < 1.29 is 14.4 Å². The van der Waals surface area contributed by atoms with Crippen LogP contribution in [0.4, 0.5) is 5.13 Å². The van der Waals surface area contributed by atoms with Gasteiger partial charge in [0, 0.05) is 36.6 Å². The van der Waals surface area contributed by atoms with E-state index in [1.54, 1.807) is 24.3 Å². The molecule has 1 N–H and O–H groups in total. The van der Waals surface area contributed by atoms with E-state index in [9.17, 15) is 14.4 Å². The van der Waals surface area contributed by atoms with Gasteiger partial charge in [0.25, 0.3) is 11.8 Å². The van der Waals surface area contributed by atoms with Crippen molar-refractivity contribution >= 4 is 34.2 Å². The maximum Gasteiger partial charge on any atom is 0.261 e. The highest BCUT2D eigenvalue weighted by Gasteiger charge is 2.34. The normalized spacial score (nSPS) is 19.2. The van der Waals surface area contributed by atoms with Gasteiger partial charge in [0.1, 0.15) is 0 Å². The number of carbonyl (C=O) groups excluding carboxylic acids is 3. The van der Waals surface area contributed by atoms with Crippen molar-refractivity contribution in [3.05, 3.63) is 46.5 Å². The number of nitrogens with zero attached hydrogens (tertiary/aromatic N) is 3. The minimum absolute atomic E-state index is 0.154. The summed E-state index contributed by atoms with van der Waals surface area (Å²) < 4.78 is 0. The van der Waals surface area contributed by atoms with Crippen molar-refractivity contribution in [2.45, 2.75) is 51.6 Å². The lowest BCUT2D eigenvalue weighted by atomic mass is 10.0. The lowest BCUT2D eigenvalue weighted by Crippen LogP contribution is -2.36. The number of imide groups is 1. The third kappa shape index (κ3) is 4.44. The molecule has 7 nitrogen and oxygen atoms in total. The Morgan fingerprint density at radius 2 is 1.93 bits per heavy atom. The number of anilines is 1. The van der Waals surface area contributed by atoms with Crippen molar-refractivity contribution in [2.75, 3.05) is 18.4 Å². The van der Waals surface area contributed by atoms with E-state index in [0.29, 0.717) is 28.7 Å². The zero-order valence-electron chi connectivity index (χ0n) is 17.1. The first-order valence-corrected chi connectivity index (χ1v) is 11.3. The zero-order valence-corrected chi connectivity index (χ0v) is 17.9. The molecule has 1 aromatic heterocycles. The Hall–Kier alpha value is -2.58. The molecule has 158 valence electrons. The number of piperidine rings is 1. The van der Waals surface area contributed by atoms with Gasteiger partial charge in [-0.1, -0.05) is 18.6 Å². The highest BCUT2D eigenvalue weighted by atomic mass is 32.1. The lowest BCUT2D eigenvalue weighted by Gasteiger charge is -2.32. The monoisotopic (exact) mass is 426 g/mol. The van der Waals surface area contributed by atoms with E-state index in [1.165, 1.54) is 35.5 Å². The number of aromatic nitrogens is 1. The molecule has 0 aliphatic carbocycles. The fraction of sp³-hybridized carbons (Fsp3) is 0.455. The van der Waals surface area contributed by atoms with Gasteiger partial charge in [-0.15, -0.1) is 11.3 Å². The molecule has 0 radical (unpaired) electrons. The standard InChI is InChI=1S/C22H26N4O3S/c1-15-7-4-5-11-25(15)14-16-13-23-22(30-16)24-19(27)10-6-12-26-20(28)17-8-2-3-9-18(17)21(26)29/h2-3,8-9,13,15H,4-7,10-12,14H2,1H3,(H,23,24,27). The molecule has 2 aliphatic rings. The van der Waals surface area contributed by atoms with Crippen molar-refractivity contribution in [1.82, 2.24) is 14.8 Å². The van der Waals surface area contributed by atoms with Crippen LogP contribution in [0.15, 0.2) is 30.5 Å². The van der Waals surface area contributed by atoms with Gasteiger partial charge in [0.05, 0.1) is 11.1 Å². The fourth-order valence-electron chi connectivity index (χ4n) is 4.05. The van der Waals surface area contributed by atoms with Crippen LogP contribution in [0.25, 0.3) is 0 Å². The number of fused-ring (bicyclic) bond motifs is 1. The van der Waals surface area contributed by atoms with E-state index in [2.05, 4.69) is 22.1 Å². The van der Waals surface area contributed by atoms with Crippen LogP contribution in [0.5, 0.6) is 0 Å². The molecule has 1 fully saturated rings. The van der Waals surface area contributed by atoms with Crippen molar-refractivity contribution in [1.29, 1.82) is 0 Å². The second-order valence-corrected chi connectivity index (χ2v) is 9.02. The maximum absolute atomic E-state index is 12.4. The number of hydrogen-bond donors (Lipinski definition) is 1. The molecule has 3 amide bonds. The van der Waals surface area contributed by atoms with Crippen LogP contribution in [0.3, 0.4) is 0 Å². The van der Waals surface area contributed by atoms with Gasteiger partial charge in [-0.3, -0.25) is 24.2 Å². The predicted octanol–water partition coefficient (Wildman–Crippen LogP) is 3.53. The molecule has 2 aliphatic heterocycles. The predicted molar refractivity (Wildman–Crippen MR) is 116 cm³/mol. The van der Waals surface area contributed by atoms with E-state index >= 15 is 0 Å². The second-order valence-electron chi connectivity index (χ2n) is 7.91. The van der Waals surface area contributed by atoms with Crippen LogP contribution in [0.2, 0.25) is 0 Å². The molecule has 30 heavy (non-hydrogen) atoms. The van der Waals surface area contributed by atoms with E-state index in [4.69, 9.17) is 0 Å². The highest BCUT2D eigenvalue weighted by Crippen LogP contribution is 2.25.